The van der Waals surface area contributed by atoms with Gasteiger partial charge in [-0.2, -0.15) is 0 Å². The van der Waals surface area contributed by atoms with Crippen molar-refractivity contribution in [2.75, 3.05) is 0 Å². The molecule has 0 bridgehead atoms. The predicted octanol–water partition coefficient (Wildman–Crippen LogP) is 4.39. The van der Waals surface area contributed by atoms with Crippen LogP contribution in [0.3, 0.4) is 0 Å². The van der Waals surface area contributed by atoms with Crippen molar-refractivity contribution in [3.05, 3.63) is 42.6 Å². The van der Waals surface area contributed by atoms with Gasteiger partial charge in [-0.1, -0.05) is 6.58 Å². The molecular formula is C14H14I2O2. The lowest BCUT2D eigenvalue weighted by Gasteiger charge is -2.26. The minimum absolute atomic E-state index is 0.110. The molecule has 4 heteroatoms. The van der Waals surface area contributed by atoms with Crippen LogP contribution in [0.5, 0.6) is 0 Å². The SMILES string of the molecule is C=C(C)C(=O)OC1CCCc2c(I)cc(I)cc21. The van der Waals surface area contributed by atoms with Gasteiger partial charge in [0.2, 0.25) is 0 Å². The molecule has 0 saturated carbocycles. The van der Waals surface area contributed by atoms with Crippen LogP contribution in [0.15, 0.2) is 24.3 Å². The normalized spacial score (nSPS) is 18.1. The number of benzene rings is 1. The standard InChI is InChI=1S/C14H14I2O2/c1-8(2)14(17)18-13-5-3-4-10-11(13)6-9(15)7-12(10)16/h6-7,13H,1,3-5H2,2H3. The molecule has 1 aliphatic rings. The van der Waals surface area contributed by atoms with E-state index in [1.165, 1.54) is 18.3 Å². The van der Waals surface area contributed by atoms with Crippen LogP contribution in [0, 0.1) is 7.14 Å². The Labute approximate surface area is 134 Å². The molecule has 0 spiro atoms. The predicted molar refractivity (Wildman–Crippen MR) is 88.5 cm³/mol. The third-order valence-electron chi connectivity index (χ3n) is 3.03. The third kappa shape index (κ3) is 3.07. The lowest BCUT2D eigenvalue weighted by atomic mass is 9.89. The van der Waals surface area contributed by atoms with Crippen molar-refractivity contribution in [3.8, 4) is 0 Å². The van der Waals surface area contributed by atoms with E-state index in [0.717, 1.165) is 19.3 Å². The average Bonchev–Trinajstić information content (AvgIpc) is 2.29. The maximum atomic E-state index is 11.7. The molecule has 1 aromatic rings. The van der Waals surface area contributed by atoms with Gasteiger partial charge in [-0.15, -0.1) is 0 Å². The topological polar surface area (TPSA) is 26.3 Å². The first-order chi connectivity index (χ1) is 8.49. The van der Waals surface area contributed by atoms with Gasteiger partial charge in [0.1, 0.15) is 6.10 Å². The number of hydrogen-bond acceptors (Lipinski definition) is 2. The Morgan fingerprint density at radius 2 is 2.17 bits per heavy atom. The van der Waals surface area contributed by atoms with Gasteiger partial charge < -0.3 is 4.74 Å². The van der Waals surface area contributed by atoms with Crippen LogP contribution in [0.25, 0.3) is 0 Å². The van der Waals surface area contributed by atoms with Crippen LogP contribution in [0.4, 0.5) is 0 Å². The van der Waals surface area contributed by atoms with E-state index in [4.69, 9.17) is 4.74 Å². The van der Waals surface area contributed by atoms with Crippen LogP contribution in [0.1, 0.15) is 37.0 Å². The van der Waals surface area contributed by atoms with E-state index in [1.807, 2.05) is 0 Å². The second-order valence-corrected chi connectivity index (χ2v) is 6.93. The summed E-state index contributed by atoms with van der Waals surface area (Å²) in [4.78, 5) is 11.7. The van der Waals surface area contributed by atoms with Crippen LogP contribution < -0.4 is 0 Å². The molecule has 0 radical (unpaired) electrons. The summed E-state index contributed by atoms with van der Waals surface area (Å²) in [7, 11) is 0. The Morgan fingerprint density at radius 1 is 1.44 bits per heavy atom. The molecule has 0 fully saturated rings. The Bertz CT molecular complexity index is 509. The zero-order chi connectivity index (χ0) is 13.3. The molecule has 0 N–H and O–H groups in total. The fourth-order valence-electron chi connectivity index (χ4n) is 2.15. The number of fused-ring (bicyclic) bond motifs is 1. The van der Waals surface area contributed by atoms with Crippen LogP contribution in [0.2, 0.25) is 0 Å². The first kappa shape index (κ1) is 14.3. The molecule has 0 heterocycles. The maximum absolute atomic E-state index is 11.7. The molecule has 0 aromatic heterocycles. The highest BCUT2D eigenvalue weighted by Crippen LogP contribution is 2.36. The van der Waals surface area contributed by atoms with E-state index < -0.39 is 0 Å². The Kier molecular flexibility index (Phi) is 4.69. The van der Waals surface area contributed by atoms with E-state index in [9.17, 15) is 4.79 Å². The van der Waals surface area contributed by atoms with E-state index in [-0.39, 0.29) is 12.1 Å². The minimum Gasteiger partial charge on any atom is -0.454 e. The fraction of sp³-hybridized carbons (Fsp3) is 0.357. The maximum Gasteiger partial charge on any atom is 0.333 e. The molecule has 2 nitrogen and oxygen atoms in total. The highest BCUT2D eigenvalue weighted by Gasteiger charge is 2.25. The van der Waals surface area contributed by atoms with Crippen LogP contribution in [-0.4, -0.2) is 5.97 Å². The lowest BCUT2D eigenvalue weighted by Crippen LogP contribution is -2.18. The highest BCUT2D eigenvalue weighted by atomic mass is 127. The van der Waals surface area contributed by atoms with E-state index >= 15 is 0 Å². The van der Waals surface area contributed by atoms with Crippen molar-refractivity contribution in [3.63, 3.8) is 0 Å². The Balaban J connectivity index is 2.33. The highest BCUT2D eigenvalue weighted by molar-refractivity contribution is 14.1. The van der Waals surface area contributed by atoms with Crippen molar-refractivity contribution in [1.29, 1.82) is 0 Å². The van der Waals surface area contributed by atoms with Crippen molar-refractivity contribution in [1.82, 2.24) is 0 Å². The summed E-state index contributed by atoms with van der Waals surface area (Å²) < 4.78 is 8.00. The molecule has 1 unspecified atom stereocenters. The molecule has 0 saturated heterocycles. The summed E-state index contributed by atoms with van der Waals surface area (Å²) in [5.41, 5.74) is 2.97. The van der Waals surface area contributed by atoms with E-state index in [1.54, 1.807) is 6.92 Å². The molecule has 96 valence electrons. The quantitative estimate of drug-likeness (QED) is 0.366. The summed E-state index contributed by atoms with van der Waals surface area (Å²) in [5, 5.41) is 0. The van der Waals surface area contributed by atoms with Gasteiger partial charge in [0, 0.05) is 12.7 Å². The molecule has 18 heavy (non-hydrogen) atoms. The Hall–Kier alpha value is -0.110. The number of hydrogen-bond donors (Lipinski definition) is 0. The van der Waals surface area contributed by atoms with Crippen molar-refractivity contribution in [2.24, 2.45) is 0 Å². The lowest BCUT2D eigenvalue weighted by molar-refractivity contribution is -0.145. The second-order valence-electron chi connectivity index (χ2n) is 4.52. The summed E-state index contributed by atoms with van der Waals surface area (Å²) in [5.74, 6) is -0.290. The fourth-order valence-corrected chi connectivity index (χ4v) is 4.31. The molecule has 1 aromatic carbocycles. The number of rotatable bonds is 2. The largest absolute Gasteiger partial charge is 0.454 e. The number of halogens is 2. The van der Waals surface area contributed by atoms with Gasteiger partial charge in [-0.05, 0) is 94.6 Å². The number of esters is 1. The monoisotopic (exact) mass is 468 g/mol. The number of carbonyl (C=O) groups is 1. The minimum atomic E-state index is -0.290. The first-order valence-electron chi connectivity index (χ1n) is 5.83. The van der Waals surface area contributed by atoms with Gasteiger partial charge >= 0.3 is 5.97 Å². The summed E-state index contributed by atoms with van der Waals surface area (Å²) in [6.07, 6.45) is 2.94. The smallest absolute Gasteiger partial charge is 0.333 e. The van der Waals surface area contributed by atoms with E-state index in [2.05, 4.69) is 63.9 Å². The first-order valence-corrected chi connectivity index (χ1v) is 7.99. The van der Waals surface area contributed by atoms with Crippen molar-refractivity contribution in [2.45, 2.75) is 32.3 Å². The summed E-state index contributed by atoms with van der Waals surface area (Å²) in [6, 6.07) is 4.30. The number of carbonyl (C=O) groups excluding carboxylic acids is 1. The Morgan fingerprint density at radius 3 is 2.83 bits per heavy atom. The van der Waals surface area contributed by atoms with Crippen LogP contribution >= 0.6 is 45.2 Å². The van der Waals surface area contributed by atoms with Gasteiger partial charge in [0.05, 0.1) is 0 Å². The average molecular weight is 468 g/mol. The van der Waals surface area contributed by atoms with Crippen molar-refractivity contribution < 1.29 is 9.53 Å². The second kappa shape index (κ2) is 5.90. The summed E-state index contributed by atoms with van der Waals surface area (Å²) in [6.45, 7) is 5.32. The molecule has 1 aliphatic carbocycles. The van der Waals surface area contributed by atoms with E-state index in [0.29, 0.717) is 5.57 Å². The van der Waals surface area contributed by atoms with Crippen molar-refractivity contribution >= 4 is 51.2 Å². The molecule has 0 amide bonds. The summed E-state index contributed by atoms with van der Waals surface area (Å²) >= 11 is 4.67. The zero-order valence-electron chi connectivity index (χ0n) is 10.1. The molecular weight excluding hydrogens is 454 g/mol. The van der Waals surface area contributed by atoms with Crippen LogP contribution in [-0.2, 0) is 16.0 Å². The zero-order valence-corrected chi connectivity index (χ0v) is 14.4. The van der Waals surface area contributed by atoms with Gasteiger partial charge in [0.25, 0.3) is 0 Å². The van der Waals surface area contributed by atoms with Gasteiger partial charge in [-0.25, -0.2) is 4.79 Å². The molecule has 1 atom stereocenters. The number of ether oxygens (including phenoxy) is 1. The third-order valence-corrected chi connectivity index (χ3v) is 4.62. The van der Waals surface area contributed by atoms with Gasteiger partial charge in [0.15, 0.2) is 0 Å². The van der Waals surface area contributed by atoms with Gasteiger partial charge in [-0.3, -0.25) is 0 Å². The molecule has 2 rings (SSSR count). The molecule has 0 aliphatic heterocycles.